The van der Waals surface area contributed by atoms with E-state index in [1.165, 1.54) is 0 Å². The van der Waals surface area contributed by atoms with Gasteiger partial charge >= 0.3 is 0 Å². The zero-order valence-electron chi connectivity index (χ0n) is 18.0. The van der Waals surface area contributed by atoms with E-state index in [0.717, 1.165) is 28.2 Å². The number of nitrogens with zero attached hydrogens (tertiary/aromatic N) is 1. The van der Waals surface area contributed by atoms with Crippen LogP contribution in [0.3, 0.4) is 0 Å². The van der Waals surface area contributed by atoms with Crippen molar-refractivity contribution >= 4 is 28.0 Å². The number of benzene rings is 3. The maximum Gasteiger partial charge on any atom is 0.172 e. The third-order valence-corrected chi connectivity index (χ3v) is 8.17. The van der Waals surface area contributed by atoms with Crippen molar-refractivity contribution in [3.05, 3.63) is 113 Å². The van der Waals surface area contributed by atoms with Crippen LogP contribution in [0.25, 0.3) is 0 Å². The van der Waals surface area contributed by atoms with E-state index >= 15 is 0 Å². The zero-order chi connectivity index (χ0) is 22.0. The van der Waals surface area contributed by atoms with E-state index in [1.54, 1.807) is 12.1 Å². The lowest BCUT2D eigenvalue weighted by atomic mass is 9.84. The Balaban J connectivity index is 1.53. The monoisotopic (exact) mass is 424 g/mol. The van der Waals surface area contributed by atoms with Crippen molar-refractivity contribution in [2.24, 2.45) is 5.92 Å². The molecule has 2 aliphatic heterocycles. The molecular weight excluding hydrogens is 402 g/mol. The molecule has 31 heavy (non-hydrogen) atoms. The lowest BCUT2D eigenvalue weighted by Gasteiger charge is -2.39. The molecule has 0 radical (unpaired) electrons. The van der Waals surface area contributed by atoms with Crippen LogP contribution in [0.5, 0.6) is 0 Å². The lowest BCUT2D eigenvalue weighted by molar-refractivity contribution is 0.0940. The second-order valence-corrected chi connectivity index (χ2v) is 9.67. The molecule has 0 fully saturated rings. The molecule has 0 amide bonds. The number of rotatable bonds is 1. The van der Waals surface area contributed by atoms with Crippen LogP contribution in [0.4, 0.5) is 11.4 Å². The van der Waals surface area contributed by atoms with Crippen molar-refractivity contribution in [3.63, 3.8) is 0 Å². The molecule has 0 saturated carbocycles. The average molecular weight is 425 g/mol. The summed E-state index contributed by atoms with van der Waals surface area (Å²) in [4.78, 5) is 16.1. The van der Waals surface area contributed by atoms with Crippen molar-refractivity contribution < 1.29 is 10.4 Å². The van der Waals surface area contributed by atoms with Gasteiger partial charge in [-0.2, -0.15) is 0 Å². The van der Waals surface area contributed by atoms with E-state index in [9.17, 15) is 9.00 Å². The topological polar surface area (TPSA) is 37.4 Å². The standard InChI is InChI=1S/C27H21NO2S/c1-17-19-8-2-5-11-23(19)28(24-12-6-3-9-20(17)24)18-14-15-26-22(16-18)27(29)21-10-4-7-13-25(21)31(26)30/h2-17,22,26H,1H3/i17D. The van der Waals surface area contributed by atoms with Gasteiger partial charge in [-0.25, -0.2) is 0 Å². The molecule has 0 aromatic heterocycles. The minimum atomic E-state index is -1.28. The summed E-state index contributed by atoms with van der Waals surface area (Å²) in [5.74, 6) is -1.35. The number of Topliss-reactive ketones (excluding diaryl/α,β-unsaturated/α-hetero) is 1. The number of para-hydroxylation sites is 2. The van der Waals surface area contributed by atoms with Gasteiger partial charge < -0.3 is 4.90 Å². The molecule has 3 nitrogen and oxygen atoms in total. The molecule has 3 atom stereocenters. The third-order valence-electron chi connectivity index (χ3n) is 6.44. The van der Waals surface area contributed by atoms with Gasteiger partial charge in [-0.1, -0.05) is 67.6 Å². The predicted molar refractivity (Wildman–Crippen MR) is 124 cm³/mol. The molecule has 1 aliphatic carbocycles. The van der Waals surface area contributed by atoms with Gasteiger partial charge in [-0.05, 0) is 41.5 Å². The first-order valence-electron chi connectivity index (χ1n) is 10.9. The maximum atomic E-state index is 13.4. The minimum absolute atomic E-state index is 0.0101. The summed E-state index contributed by atoms with van der Waals surface area (Å²) in [6, 6.07) is 23.1. The normalized spacial score (nSPS) is 25.5. The van der Waals surface area contributed by atoms with Crippen LogP contribution >= 0.6 is 0 Å². The predicted octanol–water partition coefficient (Wildman–Crippen LogP) is 5.73. The number of anilines is 2. The molecule has 152 valence electrons. The van der Waals surface area contributed by atoms with E-state index < -0.39 is 22.6 Å². The summed E-state index contributed by atoms with van der Waals surface area (Å²) in [5, 5.41) is -0.363. The average Bonchev–Trinajstić information content (AvgIpc) is 2.83. The van der Waals surface area contributed by atoms with Gasteiger partial charge in [0, 0.05) is 29.9 Å². The quantitative estimate of drug-likeness (QED) is 0.500. The highest BCUT2D eigenvalue weighted by Gasteiger charge is 2.41. The molecule has 3 unspecified atom stereocenters. The van der Waals surface area contributed by atoms with Crippen LogP contribution in [0.1, 0.15) is 35.7 Å². The van der Waals surface area contributed by atoms with Gasteiger partial charge in [-0.3, -0.25) is 9.00 Å². The largest absolute Gasteiger partial charge is 0.310 e. The van der Waals surface area contributed by atoms with Crippen LogP contribution in [0.15, 0.2) is 102 Å². The van der Waals surface area contributed by atoms with Crippen molar-refractivity contribution in [1.29, 1.82) is 0 Å². The second-order valence-electron chi connectivity index (χ2n) is 8.09. The number of allylic oxidation sites excluding steroid dienone is 2. The Morgan fingerprint density at radius 2 is 1.52 bits per heavy atom. The highest BCUT2D eigenvalue weighted by molar-refractivity contribution is 7.86. The van der Waals surface area contributed by atoms with Crippen LogP contribution in [0, 0.1) is 5.92 Å². The fraction of sp³-hybridized carbons (Fsp3) is 0.148. The van der Waals surface area contributed by atoms with E-state index in [2.05, 4.69) is 4.90 Å². The Kier molecular flexibility index (Phi) is 3.88. The third kappa shape index (κ3) is 2.64. The second kappa shape index (κ2) is 6.89. The Morgan fingerprint density at radius 1 is 0.903 bits per heavy atom. The summed E-state index contributed by atoms with van der Waals surface area (Å²) in [7, 11) is -1.28. The number of carbonyl (C=O) groups excluding carboxylic acids is 1. The molecular formula is C27H21NO2S. The minimum Gasteiger partial charge on any atom is -0.310 e. The Hall–Kier alpha value is -3.24. The van der Waals surface area contributed by atoms with Gasteiger partial charge in [0.05, 0.1) is 26.9 Å². The van der Waals surface area contributed by atoms with Crippen LogP contribution in [-0.2, 0) is 10.8 Å². The number of ketones is 1. The first-order chi connectivity index (χ1) is 15.5. The Morgan fingerprint density at radius 3 is 2.23 bits per heavy atom. The van der Waals surface area contributed by atoms with E-state index in [4.69, 9.17) is 1.37 Å². The van der Waals surface area contributed by atoms with Gasteiger partial charge in [0.25, 0.3) is 0 Å². The van der Waals surface area contributed by atoms with Crippen molar-refractivity contribution in [3.8, 4) is 0 Å². The molecule has 2 heterocycles. The molecule has 3 aromatic carbocycles. The highest BCUT2D eigenvalue weighted by atomic mass is 32.2. The van der Waals surface area contributed by atoms with Crippen molar-refractivity contribution in [2.75, 3.05) is 4.90 Å². The molecule has 3 aromatic rings. The van der Waals surface area contributed by atoms with E-state index in [1.807, 2.05) is 85.8 Å². The number of hydrogen-bond donors (Lipinski definition) is 0. The molecule has 0 saturated heterocycles. The Labute approximate surface area is 185 Å². The first-order valence-corrected chi connectivity index (χ1v) is 11.6. The van der Waals surface area contributed by atoms with Gasteiger partial charge in [0.2, 0.25) is 0 Å². The van der Waals surface area contributed by atoms with Crippen molar-refractivity contribution in [1.82, 2.24) is 0 Å². The molecule has 0 spiro atoms. The molecule has 3 aliphatic rings. The van der Waals surface area contributed by atoms with Gasteiger partial charge in [0.1, 0.15) is 0 Å². The lowest BCUT2D eigenvalue weighted by Crippen LogP contribution is -2.38. The number of carbonyl (C=O) groups is 1. The summed E-state index contributed by atoms with van der Waals surface area (Å²) in [6.45, 7) is 1.92. The zero-order valence-corrected chi connectivity index (χ0v) is 17.8. The molecule has 4 heteroatoms. The summed E-state index contributed by atoms with van der Waals surface area (Å²) < 4.78 is 22.3. The summed E-state index contributed by atoms with van der Waals surface area (Å²) >= 11 is 0. The van der Waals surface area contributed by atoms with Crippen LogP contribution in [0.2, 0.25) is 0 Å². The van der Waals surface area contributed by atoms with Crippen molar-refractivity contribution in [2.45, 2.75) is 23.0 Å². The molecule has 6 rings (SSSR count). The summed E-state index contributed by atoms with van der Waals surface area (Å²) in [5.41, 5.74) is 5.12. The fourth-order valence-corrected chi connectivity index (χ4v) is 6.50. The number of hydrogen-bond acceptors (Lipinski definition) is 3. The van der Waals surface area contributed by atoms with E-state index in [-0.39, 0.29) is 11.0 Å². The molecule has 0 bridgehead atoms. The first kappa shape index (κ1) is 17.4. The smallest absolute Gasteiger partial charge is 0.172 e. The van der Waals surface area contributed by atoms with E-state index in [0.29, 0.717) is 10.5 Å². The molecule has 0 N–H and O–H groups in total. The van der Waals surface area contributed by atoms with Crippen LogP contribution in [-0.4, -0.2) is 15.2 Å². The Bertz CT molecular complexity index is 1320. The SMILES string of the molecule is [2H]C1(C)c2ccccc2N(C2=CC3C(=O)c4ccccc4S(=O)C3C=C2)c2ccccc21. The van der Waals surface area contributed by atoms with Crippen LogP contribution < -0.4 is 4.90 Å². The summed E-state index contributed by atoms with van der Waals surface area (Å²) in [6.07, 6.45) is 5.85. The maximum absolute atomic E-state index is 13.4. The van der Waals surface area contributed by atoms with Gasteiger partial charge in [-0.15, -0.1) is 0 Å². The fourth-order valence-electron chi connectivity index (χ4n) is 4.92. The highest BCUT2D eigenvalue weighted by Crippen LogP contribution is 2.48. The van der Waals surface area contributed by atoms with Gasteiger partial charge in [0.15, 0.2) is 5.78 Å². The number of fused-ring (bicyclic) bond motifs is 4.